The number of hydrogen-bond acceptors (Lipinski definition) is 9. The Bertz CT molecular complexity index is 1180. The third kappa shape index (κ3) is 14.1. The van der Waals surface area contributed by atoms with Crippen molar-refractivity contribution in [1.29, 1.82) is 0 Å². The van der Waals surface area contributed by atoms with Gasteiger partial charge in [-0.15, -0.1) is 0 Å². The van der Waals surface area contributed by atoms with E-state index in [9.17, 15) is 33.6 Å². The standard InChI is InChI=1S/C34H56N6O8/c1-21(2)29(39-26(41)13-8-7-11-19-40-27(42)16-17-28(40)43)32(46)37-22(3)30(44)38-25(33(47)48-34(4,5)6)12-9-10-18-36-31(45)23-14-15-24(35)20-23/h16-17,21-25,29H,7-15,18-20,35H2,1-6H3,(H,36,45)(H,37,46)(H,38,44)(H,39,41)/t22-,23+,24-,25-,29-/m0/s1. The third-order valence-corrected chi connectivity index (χ3v) is 8.27. The Kier molecular flexibility index (Phi) is 16.2. The lowest BCUT2D eigenvalue weighted by atomic mass is 10.0. The summed E-state index contributed by atoms with van der Waals surface area (Å²) < 4.78 is 5.53. The highest BCUT2D eigenvalue weighted by Crippen LogP contribution is 2.24. The quantitative estimate of drug-likeness (QED) is 0.0760. The smallest absolute Gasteiger partial charge is 0.329 e. The Balaban J connectivity index is 1.82. The largest absolute Gasteiger partial charge is 0.458 e. The lowest BCUT2D eigenvalue weighted by Crippen LogP contribution is -2.56. The zero-order valence-electron chi connectivity index (χ0n) is 29.4. The number of nitrogens with two attached hydrogens (primary N) is 1. The van der Waals surface area contributed by atoms with E-state index in [0.29, 0.717) is 45.1 Å². The van der Waals surface area contributed by atoms with Crippen LogP contribution in [0.1, 0.15) is 106 Å². The van der Waals surface area contributed by atoms with E-state index in [1.165, 1.54) is 19.1 Å². The maximum absolute atomic E-state index is 13.1. The minimum atomic E-state index is -1.01. The van der Waals surface area contributed by atoms with Crippen molar-refractivity contribution in [3.63, 3.8) is 0 Å². The number of nitrogens with zero attached hydrogens (tertiary/aromatic N) is 1. The number of nitrogens with one attached hydrogen (secondary N) is 4. The first-order valence-electron chi connectivity index (χ1n) is 17.2. The Morgan fingerprint density at radius 1 is 0.896 bits per heavy atom. The van der Waals surface area contributed by atoms with Gasteiger partial charge in [0.15, 0.2) is 0 Å². The zero-order chi connectivity index (χ0) is 36.0. The lowest BCUT2D eigenvalue weighted by molar-refractivity contribution is -0.159. The molecule has 2 aliphatic rings. The van der Waals surface area contributed by atoms with Crippen molar-refractivity contribution in [3.05, 3.63) is 12.2 Å². The van der Waals surface area contributed by atoms with Crippen LogP contribution in [0, 0.1) is 11.8 Å². The molecule has 1 heterocycles. The maximum Gasteiger partial charge on any atom is 0.329 e. The molecule has 270 valence electrons. The molecule has 0 aromatic heterocycles. The molecular weight excluding hydrogens is 620 g/mol. The van der Waals surface area contributed by atoms with E-state index in [1.54, 1.807) is 34.6 Å². The van der Waals surface area contributed by atoms with Crippen LogP contribution in [0.5, 0.6) is 0 Å². The summed E-state index contributed by atoms with van der Waals surface area (Å²) in [7, 11) is 0. The number of esters is 1. The fourth-order valence-corrected chi connectivity index (χ4v) is 5.54. The van der Waals surface area contributed by atoms with E-state index < -0.39 is 41.5 Å². The summed E-state index contributed by atoms with van der Waals surface area (Å²) in [5, 5.41) is 11.0. The van der Waals surface area contributed by atoms with Crippen LogP contribution >= 0.6 is 0 Å². The molecule has 5 atom stereocenters. The minimum absolute atomic E-state index is 0.0104. The molecule has 0 bridgehead atoms. The highest BCUT2D eigenvalue weighted by molar-refractivity contribution is 6.12. The summed E-state index contributed by atoms with van der Waals surface area (Å²) in [4.78, 5) is 88.6. The van der Waals surface area contributed by atoms with E-state index in [-0.39, 0.29) is 60.9 Å². The topological polar surface area (TPSA) is 206 Å². The predicted molar refractivity (Wildman–Crippen MR) is 179 cm³/mol. The first-order chi connectivity index (χ1) is 22.5. The molecule has 6 N–H and O–H groups in total. The molecule has 6 amide bonds. The molecule has 0 spiro atoms. The van der Waals surface area contributed by atoms with Gasteiger partial charge in [0.2, 0.25) is 23.6 Å². The van der Waals surface area contributed by atoms with Gasteiger partial charge in [-0.25, -0.2) is 4.79 Å². The summed E-state index contributed by atoms with van der Waals surface area (Å²) in [5.41, 5.74) is 5.13. The molecule has 0 aromatic carbocycles. The second-order valence-electron chi connectivity index (χ2n) is 14.1. The van der Waals surface area contributed by atoms with Crippen LogP contribution in [-0.2, 0) is 38.3 Å². The van der Waals surface area contributed by atoms with Gasteiger partial charge >= 0.3 is 5.97 Å². The van der Waals surface area contributed by atoms with Crippen LogP contribution in [0.3, 0.4) is 0 Å². The molecule has 0 radical (unpaired) electrons. The average Bonchev–Trinajstić information content (AvgIpc) is 3.57. The zero-order valence-corrected chi connectivity index (χ0v) is 29.4. The summed E-state index contributed by atoms with van der Waals surface area (Å²) in [6.07, 6.45) is 8.02. The van der Waals surface area contributed by atoms with E-state index in [4.69, 9.17) is 10.5 Å². The Morgan fingerprint density at radius 3 is 2.15 bits per heavy atom. The van der Waals surface area contributed by atoms with Gasteiger partial charge in [-0.1, -0.05) is 20.3 Å². The molecule has 1 aliphatic heterocycles. The molecule has 1 aliphatic carbocycles. The van der Waals surface area contributed by atoms with E-state index in [1.807, 2.05) is 0 Å². The van der Waals surface area contributed by atoms with Gasteiger partial charge in [0.1, 0.15) is 23.7 Å². The third-order valence-electron chi connectivity index (χ3n) is 8.27. The summed E-state index contributed by atoms with van der Waals surface area (Å²) in [6.45, 7) is 11.0. The minimum Gasteiger partial charge on any atom is -0.458 e. The number of rotatable bonds is 19. The van der Waals surface area contributed by atoms with Crippen molar-refractivity contribution in [2.24, 2.45) is 17.6 Å². The van der Waals surface area contributed by atoms with E-state index >= 15 is 0 Å². The fourth-order valence-electron chi connectivity index (χ4n) is 5.54. The molecule has 0 unspecified atom stereocenters. The summed E-state index contributed by atoms with van der Waals surface area (Å²) in [6, 6.07) is -2.80. The maximum atomic E-state index is 13.1. The van der Waals surface area contributed by atoms with Gasteiger partial charge in [0.25, 0.3) is 11.8 Å². The molecule has 0 saturated heterocycles. The molecule has 14 nitrogen and oxygen atoms in total. The number of hydrogen-bond donors (Lipinski definition) is 5. The van der Waals surface area contributed by atoms with E-state index in [0.717, 1.165) is 17.7 Å². The Hall–Kier alpha value is -3.81. The van der Waals surface area contributed by atoms with Gasteiger partial charge in [-0.05, 0) is 85.0 Å². The van der Waals surface area contributed by atoms with Gasteiger partial charge in [0, 0.05) is 43.6 Å². The van der Waals surface area contributed by atoms with Crippen LogP contribution in [0.4, 0.5) is 0 Å². The average molecular weight is 677 g/mol. The molecule has 1 fully saturated rings. The molecule has 2 rings (SSSR count). The Morgan fingerprint density at radius 2 is 1.56 bits per heavy atom. The second kappa shape index (κ2) is 19.3. The molecule has 48 heavy (non-hydrogen) atoms. The van der Waals surface area contributed by atoms with Gasteiger partial charge in [0.05, 0.1) is 0 Å². The van der Waals surface area contributed by atoms with Crippen LogP contribution in [0.15, 0.2) is 12.2 Å². The lowest BCUT2D eigenvalue weighted by Gasteiger charge is -2.27. The predicted octanol–water partition coefficient (Wildman–Crippen LogP) is 1.36. The first kappa shape index (κ1) is 40.4. The fraction of sp³-hybridized carbons (Fsp3) is 0.735. The SMILES string of the molecule is CC(C)[C@H](NC(=O)CCCCCN1C(=O)C=CC1=O)C(=O)N[C@@H](C)C(=O)N[C@@H](CCCCNC(=O)[C@@H]1CC[C@H](N)C1)C(=O)OC(C)(C)C. The molecule has 1 saturated carbocycles. The van der Waals surface area contributed by atoms with Crippen molar-refractivity contribution in [3.8, 4) is 0 Å². The van der Waals surface area contributed by atoms with Crippen molar-refractivity contribution in [1.82, 2.24) is 26.2 Å². The van der Waals surface area contributed by atoms with Crippen molar-refractivity contribution >= 4 is 41.4 Å². The molecule has 0 aromatic rings. The van der Waals surface area contributed by atoms with Crippen LogP contribution in [-0.4, -0.2) is 89.2 Å². The van der Waals surface area contributed by atoms with Gasteiger partial charge < -0.3 is 31.7 Å². The van der Waals surface area contributed by atoms with Crippen LogP contribution < -0.4 is 27.0 Å². The molecular formula is C34H56N6O8. The number of ether oxygens (including phenoxy) is 1. The van der Waals surface area contributed by atoms with Crippen LogP contribution in [0.2, 0.25) is 0 Å². The van der Waals surface area contributed by atoms with Crippen molar-refractivity contribution < 1.29 is 38.3 Å². The number of carbonyl (C=O) groups excluding carboxylic acids is 7. The Labute approximate surface area is 284 Å². The normalized spacial score (nSPS) is 19.5. The number of carbonyl (C=O) groups is 7. The second-order valence-corrected chi connectivity index (χ2v) is 14.1. The van der Waals surface area contributed by atoms with E-state index in [2.05, 4.69) is 21.3 Å². The summed E-state index contributed by atoms with van der Waals surface area (Å²) in [5.74, 6) is -3.07. The molecule has 14 heteroatoms. The highest BCUT2D eigenvalue weighted by atomic mass is 16.6. The number of unbranched alkanes of at least 4 members (excludes halogenated alkanes) is 3. The van der Waals surface area contributed by atoms with Crippen LogP contribution in [0.25, 0.3) is 0 Å². The van der Waals surface area contributed by atoms with Crippen molar-refractivity contribution in [2.45, 2.75) is 136 Å². The first-order valence-corrected chi connectivity index (χ1v) is 17.2. The number of imide groups is 1. The monoisotopic (exact) mass is 676 g/mol. The van der Waals surface area contributed by atoms with Gasteiger partial charge in [-0.3, -0.25) is 33.7 Å². The van der Waals surface area contributed by atoms with Crippen molar-refractivity contribution in [2.75, 3.05) is 13.1 Å². The number of amides is 6. The summed E-state index contributed by atoms with van der Waals surface area (Å²) >= 11 is 0. The van der Waals surface area contributed by atoms with Gasteiger partial charge in [-0.2, -0.15) is 0 Å². The highest BCUT2D eigenvalue weighted by Gasteiger charge is 2.31.